The molecule has 1 aliphatic rings. The summed E-state index contributed by atoms with van der Waals surface area (Å²) in [7, 11) is 0. The van der Waals surface area contributed by atoms with Crippen LogP contribution in [0.25, 0.3) is 6.08 Å². The summed E-state index contributed by atoms with van der Waals surface area (Å²) in [5.74, 6) is -0.447. The summed E-state index contributed by atoms with van der Waals surface area (Å²) in [4.78, 5) is 14.2. The second-order valence-corrected chi connectivity index (χ2v) is 5.96. The molecule has 4 heteroatoms. The molecular weight excluding hydrogens is 303 g/mol. The Balaban J connectivity index is 1.49. The Kier molecular flexibility index (Phi) is 5.26. The van der Waals surface area contributed by atoms with Crippen molar-refractivity contribution in [2.75, 3.05) is 18.0 Å². The molecule has 1 heterocycles. The van der Waals surface area contributed by atoms with Gasteiger partial charge in [-0.15, -0.1) is 0 Å². The van der Waals surface area contributed by atoms with Crippen molar-refractivity contribution in [3.05, 3.63) is 71.6 Å². The van der Waals surface area contributed by atoms with E-state index >= 15 is 0 Å². The standard InChI is InChI=1S/C20H21FN2O/c21-18-8-3-16(4-9-18)7-12-20(24)22-15-17-5-10-19(11-6-17)23-13-1-2-14-23/h3-12H,1-2,13-15H2,(H,22,24)/b12-7+. The Morgan fingerprint density at radius 2 is 1.71 bits per heavy atom. The van der Waals surface area contributed by atoms with Crippen LogP contribution in [0, 0.1) is 5.82 Å². The van der Waals surface area contributed by atoms with Crippen LogP contribution in [0.15, 0.2) is 54.6 Å². The predicted molar refractivity (Wildman–Crippen MR) is 95.2 cm³/mol. The zero-order valence-electron chi connectivity index (χ0n) is 13.5. The largest absolute Gasteiger partial charge is 0.372 e. The first-order chi connectivity index (χ1) is 11.7. The topological polar surface area (TPSA) is 32.3 Å². The SMILES string of the molecule is O=C(/C=C/c1ccc(F)cc1)NCc1ccc(N2CCCC2)cc1. The third-order valence-electron chi connectivity index (χ3n) is 4.17. The number of benzene rings is 2. The van der Waals surface area contributed by atoms with Crippen LogP contribution in [0.4, 0.5) is 10.1 Å². The van der Waals surface area contributed by atoms with Crippen LogP contribution in [0.2, 0.25) is 0 Å². The van der Waals surface area contributed by atoms with Crippen molar-refractivity contribution < 1.29 is 9.18 Å². The van der Waals surface area contributed by atoms with E-state index in [2.05, 4.69) is 34.5 Å². The predicted octanol–water partition coefficient (Wildman–Crippen LogP) is 3.76. The lowest BCUT2D eigenvalue weighted by Gasteiger charge is -2.17. The van der Waals surface area contributed by atoms with E-state index in [0.717, 1.165) is 24.2 Å². The summed E-state index contributed by atoms with van der Waals surface area (Å²) in [6.07, 6.45) is 5.66. The maximum atomic E-state index is 12.8. The third-order valence-corrected chi connectivity index (χ3v) is 4.17. The van der Waals surface area contributed by atoms with E-state index in [-0.39, 0.29) is 11.7 Å². The zero-order valence-corrected chi connectivity index (χ0v) is 13.5. The van der Waals surface area contributed by atoms with E-state index in [1.165, 1.54) is 36.7 Å². The van der Waals surface area contributed by atoms with Crippen LogP contribution in [0.1, 0.15) is 24.0 Å². The minimum atomic E-state index is -0.283. The Labute approximate surface area is 141 Å². The fraction of sp³-hybridized carbons (Fsp3) is 0.250. The summed E-state index contributed by atoms with van der Waals surface area (Å²) >= 11 is 0. The Morgan fingerprint density at radius 1 is 1.04 bits per heavy atom. The van der Waals surface area contributed by atoms with Crippen molar-refractivity contribution in [1.29, 1.82) is 0 Å². The van der Waals surface area contributed by atoms with Gasteiger partial charge in [-0.1, -0.05) is 24.3 Å². The minimum Gasteiger partial charge on any atom is -0.372 e. The van der Waals surface area contributed by atoms with Gasteiger partial charge in [0.1, 0.15) is 5.82 Å². The number of carbonyl (C=O) groups is 1. The van der Waals surface area contributed by atoms with Gasteiger partial charge in [0.05, 0.1) is 0 Å². The highest BCUT2D eigenvalue weighted by Crippen LogP contribution is 2.20. The molecule has 0 aromatic heterocycles. The van der Waals surface area contributed by atoms with Gasteiger partial charge >= 0.3 is 0 Å². The van der Waals surface area contributed by atoms with Crippen LogP contribution in [0.5, 0.6) is 0 Å². The second-order valence-electron chi connectivity index (χ2n) is 5.96. The number of rotatable bonds is 5. The summed E-state index contributed by atoms with van der Waals surface area (Å²) in [6.45, 7) is 2.75. The van der Waals surface area contributed by atoms with Crippen LogP contribution in [0.3, 0.4) is 0 Å². The van der Waals surface area contributed by atoms with Crippen LogP contribution < -0.4 is 10.2 Å². The van der Waals surface area contributed by atoms with Crippen molar-refractivity contribution >= 4 is 17.7 Å². The number of nitrogens with zero attached hydrogens (tertiary/aromatic N) is 1. The molecule has 0 aliphatic carbocycles. The van der Waals surface area contributed by atoms with Crippen LogP contribution >= 0.6 is 0 Å². The third kappa shape index (κ3) is 4.44. The van der Waals surface area contributed by atoms with Crippen LogP contribution in [-0.4, -0.2) is 19.0 Å². The molecule has 1 aliphatic heterocycles. The van der Waals surface area contributed by atoms with Gasteiger partial charge in [0, 0.05) is 31.4 Å². The van der Waals surface area contributed by atoms with E-state index in [1.807, 2.05) is 0 Å². The van der Waals surface area contributed by atoms with Gasteiger partial charge < -0.3 is 10.2 Å². The van der Waals surface area contributed by atoms with E-state index in [4.69, 9.17) is 0 Å². The molecular formula is C20H21FN2O. The number of amides is 1. The summed E-state index contributed by atoms with van der Waals surface area (Å²) in [6, 6.07) is 14.4. The van der Waals surface area contributed by atoms with Gasteiger partial charge in [0.15, 0.2) is 0 Å². The number of carbonyl (C=O) groups excluding carboxylic acids is 1. The first kappa shape index (κ1) is 16.2. The molecule has 2 aromatic rings. The highest BCUT2D eigenvalue weighted by atomic mass is 19.1. The number of halogens is 1. The maximum absolute atomic E-state index is 12.8. The molecule has 2 aromatic carbocycles. The Morgan fingerprint density at radius 3 is 2.38 bits per heavy atom. The van der Waals surface area contributed by atoms with Crippen molar-refractivity contribution in [2.45, 2.75) is 19.4 Å². The molecule has 0 atom stereocenters. The highest BCUT2D eigenvalue weighted by Gasteiger charge is 2.11. The average molecular weight is 324 g/mol. The van der Waals surface area contributed by atoms with Crippen molar-refractivity contribution in [3.63, 3.8) is 0 Å². The molecule has 24 heavy (non-hydrogen) atoms. The van der Waals surface area contributed by atoms with E-state index in [0.29, 0.717) is 6.54 Å². The Bertz CT molecular complexity index is 701. The zero-order chi connectivity index (χ0) is 16.8. The first-order valence-electron chi connectivity index (χ1n) is 8.26. The van der Waals surface area contributed by atoms with Gasteiger partial charge in [0.25, 0.3) is 0 Å². The first-order valence-corrected chi connectivity index (χ1v) is 8.26. The molecule has 0 spiro atoms. The molecule has 1 N–H and O–H groups in total. The number of nitrogens with one attached hydrogen (secondary N) is 1. The molecule has 3 nitrogen and oxygen atoms in total. The Hall–Kier alpha value is -2.62. The van der Waals surface area contributed by atoms with Gasteiger partial charge in [-0.05, 0) is 54.3 Å². The number of anilines is 1. The average Bonchev–Trinajstić information content (AvgIpc) is 3.14. The monoisotopic (exact) mass is 324 g/mol. The second kappa shape index (κ2) is 7.77. The lowest BCUT2D eigenvalue weighted by molar-refractivity contribution is -0.116. The number of hydrogen-bond acceptors (Lipinski definition) is 2. The van der Waals surface area contributed by atoms with E-state index < -0.39 is 0 Å². The molecule has 0 bridgehead atoms. The summed E-state index contributed by atoms with van der Waals surface area (Å²) in [5.41, 5.74) is 3.11. The summed E-state index contributed by atoms with van der Waals surface area (Å²) in [5, 5.41) is 2.86. The molecule has 1 fully saturated rings. The van der Waals surface area contributed by atoms with Crippen molar-refractivity contribution in [1.82, 2.24) is 5.32 Å². The van der Waals surface area contributed by atoms with Gasteiger partial charge in [-0.2, -0.15) is 0 Å². The fourth-order valence-electron chi connectivity index (χ4n) is 2.79. The molecule has 3 rings (SSSR count). The van der Waals surface area contributed by atoms with Gasteiger partial charge in [0.2, 0.25) is 5.91 Å². The lowest BCUT2D eigenvalue weighted by atomic mass is 10.2. The molecule has 1 amide bonds. The molecule has 0 saturated carbocycles. The molecule has 0 radical (unpaired) electrons. The number of hydrogen-bond donors (Lipinski definition) is 1. The smallest absolute Gasteiger partial charge is 0.244 e. The maximum Gasteiger partial charge on any atom is 0.244 e. The highest BCUT2D eigenvalue weighted by molar-refractivity contribution is 5.91. The van der Waals surface area contributed by atoms with Gasteiger partial charge in [-0.25, -0.2) is 4.39 Å². The van der Waals surface area contributed by atoms with Crippen LogP contribution in [-0.2, 0) is 11.3 Å². The van der Waals surface area contributed by atoms with Crippen molar-refractivity contribution in [3.8, 4) is 0 Å². The molecule has 124 valence electrons. The normalized spacial score (nSPS) is 14.3. The lowest BCUT2D eigenvalue weighted by Crippen LogP contribution is -2.20. The van der Waals surface area contributed by atoms with Crippen molar-refractivity contribution in [2.24, 2.45) is 0 Å². The van der Waals surface area contributed by atoms with E-state index in [9.17, 15) is 9.18 Å². The fourth-order valence-corrected chi connectivity index (χ4v) is 2.79. The van der Waals surface area contributed by atoms with E-state index in [1.54, 1.807) is 18.2 Å². The summed E-state index contributed by atoms with van der Waals surface area (Å²) < 4.78 is 12.8. The molecule has 0 unspecified atom stereocenters. The van der Waals surface area contributed by atoms with Gasteiger partial charge in [-0.3, -0.25) is 4.79 Å². The quantitative estimate of drug-likeness (QED) is 0.850. The molecule has 1 saturated heterocycles. The minimum absolute atomic E-state index is 0.164.